The molecule has 1 aromatic heterocycles. The summed E-state index contributed by atoms with van der Waals surface area (Å²) in [6, 6.07) is 15.3. The zero-order valence-electron chi connectivity index (χ0n) is 11.4. The van der Waals surface area contributed by atoms with E-state index in [1.807, 2.05) is 55.5 Å². The number of para-hydroxylation sites is 1. The summed E-state index contributed by atoms with van der Waals surface area (Å²) in [5, 5.41) is 0.654. The predicted molar refractivity (Wildman–Crippen MR) is 81.3 cm³/mol. The lowest BCUT2D eigenvalue weighted by atomic mass is 10.0. The first-order chi connectivity index (χ1) is 9.72. The quantitative estimate of drug-likeness (QED) is 0.770. The Morgan fingerprint density at radius 1 is 1.00 bits per heavy atom. The lowest BCUT2D eigenvalue weighted by molar-refractivity contribution is 0.419. The number of aromatic nitrogens is 1. The van der Waals surface area contributed by atoms with Crippen molar-refractivity contribution in [3.05, 3.63) is 64.3 Å². The van der Waals surface area contributed by atoms with E-state index >= 15 is 0 Å². The van der Waals surface area contributed by atoms with Gasteiger partial charge in [-0.15, -0.1) is 0 Å². The fourth-order valence-electron chi connectivity index (χ4n) is 2.45. The van der Waals surface area contributed by atoms with Crippen molar-refractivity contribution >= 4 is 10.9 Å². The predicted octanol–water partition coefficient (Wildman–Crippen LogP) is 3.51. The smallest absolute Gasteiger partial charge is 0.193 e. The largest absolute Gasteiger partial charge is 0.495 e. The summed E-state index contributed by atoms with van der Waals surface area (Å²) >= 11 is 0. The molecule has 0 radical (unpaired) electrons. The highest BCUT2D eigenvalue weighted by Gasteiger charge is 2.12. The van der Waals surface area contributed by atoms with E-state index in [4.69, 9.17) is 4.74 Å². The van der Waals surface area contributed by atoms with Crippen LogP contribution in [-0.2, 0) is 0 Å². The van der Waals surface area contributed by atoms with Gasteiger partial charge in [0.1, 0.15) is 5.75 Å². The van der Waals surface area contributed by atoms with Gasteiger partial charge >= 0.3 is 0 Å². The van der Waals surface area contributed by atoms with Crippen LogP contribution in [0.2, 0.25) is 0 Å². The first-order valence-electron chi connectivity index (χ1n) is 6.47. The van der Waals surface area contributed by atoms with Crippen LogP contribution in [0, 0.1) is 6.92 Å². The lowest BCUT2D eigenvalue weighted by Gasteiger charge is -2.11. The second kappa shape index (κ2) is 4.85. The molecule has 0 aliphatic carbocycles. The maximum Gasteiger partial charge on any atom is 0.193 e. The Bertz CT molecular complexity index is 820. The summed E-state index contributed by atoms with van der Waals surface area (Å²) in [6.07, 6.45) is 0. The molecule has 0 spiro atoms. The van der Waals surface area contributed by atoms with Crippen LogP contribution in [-0.4, -0.2) is 12.1 Å². The molecule has 3 aromatic rings. The standard InChI is InChI=1S/C17H15NO2/c1-11-15(12-7-4-3-5-8-12)18-16-13(17(11)19)9-6-10-14(16)20-2/h3-10H,1-2H3,(H,18,19). The molecule has 0 aliphatic heterocycles. The van der Waals surface area contributed by atoms with Gasteiger partial charge in [-0.3, -0.25) is 4.79 Å². The van der Waals surface area contributed by atoms with Crippen molar-refractivity contribution in [1.82, 2.24) is 4.98 Å². The molecule has 100 valence electrons. The van der Waals surface area contributed by atoms with E-state index < -0.39 is 0 Å². The number of fused-ring (bicyclic) bond motifs is 1. The Balaban J connectivity index is 2.40. The van der Waals surface area contributed by atoms with Crippen LogP contribution >= 0.6 is 0 Å². The maximum absolute atomic E-state index is 12.5. The van der Waals surface area contributed by atoms with E-state index in [9.17, 15) is 4.79 Å². The van der Waals surface area contributed by atoms with Crippen LogP contribution in [0.5, 0.6) is 5.75 Å². The van der Waals surface area contributed by atoms with Crippen molar-refractivity contribution < 1.29 is 4.74 Å². The number of H-pyrrole nitrogens is 1. The molecule has 3 rings (SSSR count). The molecule has 0 bridgehead atoms. The fourth-order valence-corrected chi connectivity index (χ4v) is 2.45. The Kier molecular flexibility index (Phi) is 3.03. The van der Waals surface area contributed by atoms with Gasteiger partial charge in [0, 0.05) is 10.9 Å². The number of nitrogens with one attached hydrogen (secondary N) is 1. The van der Waals surface area contributed by atoms with Gasteiger partial charge in [0.05, 0.1) is 18.3 Å². The highest BCUT2D eigenvalue weighted by atomic mass is 16.5. The van der Waals surface area contributed by atoms with Crippen molar-refractivity contribution in [2.24, 2.45) is 0 Å². The molecule has 0 fully saturated rings. The third-order valence-electron chi connectivity index (χ3n) is 3.52. The maximum atomic E-state index is 12.5. The van der Waals surface area contributed by atoms with E-state index in [0.717, 1.165) is 22.3 Å². The van der Waals surface area contributed by atoms with Crippen LogP contribution in [0.15, 0.2) is 53.3 Å². The molecule has 1 N–H and O–H groups in total. The highest BCUT2D eigenvalue weighted by Crippen LogP contribution is 2.26. The molecule has 1 heterocycles. The van der Waals surface area contributed by atoms with Crippen LogP contribution in [0.3, 0.4) is 0 Å². The summed E-state index contributed by atoms with van der Waals surface area (Å²) in [6.45, 7) is 1.85. The molecule has 0 atom stereocenters. The normalized spacial score (nSPS) is 10.7. The third-order valence-corrected chi connectivity index (χ3v) is 3.52. The van der Waals surface area contributed by atoms with Gasteiger partial charge in [-0.25, -0.2) is 0 Å². The van der Waals surface area contributed by atoms with Crippen molar-refractivity contribution in [2.75, 3.05) is 7.11 Å². The van der Waals surface area contributed by atoms with Crippen LogP contribution in [0.25, 0.3) is 22.2 Å². The van der Waals surface area contributed by atoms with Gasteiger partial charge in [0.15, 0.2) is 5.43 Å². The molecule has 0 saturated carbocycles. The van der Waals surface area contributed by atoms with Gasteiger partial charge in [-0.2, -0.15) is 0 Å². The zero-order valence-corrected chi connectivity index (χ0v) is 11.4. The second-order valence-corrected chi connectivity index (χ2v) is 4.70. The molecule has 2 aromatic carbocycles. The van der Waals surface area contributed by atoms with Crippen molar-refractivity contribution in [3.8, 4) is 17.0 Å². The molecule has 3 heteroatoms. The third kappa shape index (κ3) is 1.88. The molecule has 0 unspecified atom stereocenters. The van der Waals surface area contributed by atoms with E-state index in [-0.39, 0.29) is 5.43 Å². The number of pyridine rings is 1. The number of hydrogen-bond donors (Lipinski definition) is 1. The van der Waals surface area contributed by atoms with Crippen LogP contribution < -0.4 is 10.2 Å². The van der Waals surface area contributed by atoms with Gasteiger partial charge in [0.25, 0.3) is 0 Å². The molecule has 0 saturated heterocycles. The molecular formula is C17H15NO2. The summed E-state index contributed by atoms with van der Waals surface area (Å²) in [7, 11) is 1.61. The van der Waals surface area contributed by atoms with E-state index in [1.54, 1.807) is 7.11 Å². The molecule has 3 nitrogen and oxygen atoms in total. The number of benzene rings is 2. The van der Waals surface area contributed by atoms with Crippen LogP contribution in [0.1, 0.15) is 5.56 Å². The minimum atomic E-state index is 0.0384. The van der Waals surface area contributed by atoms with Crippen molar-refractivity contribution in [2.45, 2.75) is 6.92 Å². The number of rotatable bonds is 2. The van der Waals surface area contributed by atoms with Crippen molar-refractivity contribution in [3.63, 3.8) is 0 Å². The van der Waals surface area contributed by atoms with Crippen LogP contribution in [0.4, 0.5) is 0 Å². The monoisotopic (exact) mass is 265 g/mol. The first-order valence-corrected chi connectivity index (χ1v) is 6.47. The molecular weight excluding hydrogens is 250 g/mol. The number of methoxy groups -OCH3 is 1. The Labute approximate surface area is 116 Å². The molecule has 0 aliphatic rings. The van der Waals surface area contributed by atoms with Gasteiger partial charge in [0.2, 0.25) is 0 Å². The van der Waals surface area contributed by atoms with Crippen molar-refractivity contribution in [1.29, 1.82) is 0 Å². The fraction of sp³-hybridized carbons (Fsp3) is 0.118. The van der Waals surface area contributed by atoms with Gasteiger partial charge in [-0.05, 0) is 24.6 Å². The SMILES string of the molecule is COc1cccc2c(=O)c(C)c(-c3ccccc3)[nH]c12. The minimum absolute atomic E-state index is 0.0384. The Morgan fingerprint density at radius 2 is 1.75 bits per heavy atom. The molecule has 20 heavy (non-hydrogen) atoms. The van der Waals surface area contributed by atoms with Gasteiger partial charge < -0.3 is 9.72 Å². The Hall–Kier alpha value is -2.55. The van der Waals surface area contributed by atoms with Gasteiger partial charge in [-0.1, -0.05) is 36.4 Å². The topological polar surface area (TPSA) is 42.1 Å². The zero-order chi connectivity index (χ0) is 14.1. The average molecular weight is 265 g/mol. The minimum Gasteiger partial charge on any atom is -0.495 e. The second-order valence-electron chi connectivity index (χ2n) is 4.70. The summed E-state index contributed by atoms with van der Waals surface area (Å²) < 4.78 is 5.34. The first kappa shape index (κ1) is 12.5. The highest BCUT2D eigenvalue weighted by molar-refractivity contribution is 5.87. The Morgan fingerprint density at radius 3 is 2.45 bits per heavy atom. The van der Waals surface area contributed by atoms with E-state index in [0.29, 0.717) is 11.1 Å². The number of ether oxygens (including phenoxy) is 1. The summed E-state index contributed by atoms with van der Waals surface area (Å²) in [5.41, 5.74) is 3.33. The number of hydrogen-bond acceptors (Lipinski definition) is 2. The summed E-state index contributed by atoms with van der Waals surface area (Å²) in [4.78, 5) is 15.9. The lowest BCUT2D eigenvalue weighted by Crippen LogP contribution is -2.10. The van der Waals surface area contributed by atoms with E-state index in [2.05, 4.69) is 4.98 Å². The summed E-state index contributed by atoms with van der Waals surface area (Å²) in [5.74, 6) is 0.678. The number of aromatic amines is 1. The molecule has 0 amide bonds. The van der Waals surface area contributed by atoms with E-state index in [1.165, 1.54) is 0 Å². The average Bonchev–Trinajstić information content (AvgIpc) is 2.51.